The lowest BCUT2D eigenvalue weighted by atomic mass is 10.1. The number of alkyl halides is 2. The van der Waals surface area contributed by atoms with Gasteiger partial charge in [0.05, 0.1) is 22.5 Å². The van der Waals surface area contributed by atoms with Gasteiger partial charge in [0.15, 0.2) is 0 Å². The van der Waals surface area contributed by atoms with Crippen LogP contribution in [0.1, 0.15) is 21.7 Å². The molecule has 160 valence electrons. The van der Waals surface area contributed by atoms with E-state index in [9.17, 15) is 4.79 Å². The van der Waals surface area contributed by atoms with Crippen molar-refractivity contribution in [1.82, 2.24) is 9.97 Å². The monoisotopic (exact) mass is 455 g/mol. The first kappa shape index (κ1) is 21.5. The van der Waals surface area contributed by atoms with Gasteiger partial charge in [-0.15, -0.1) is 23.2 Å². The third-order valence-corrected chi connectivity index (χ3v) is 5.60. The lowest BCUT2D eigenvalue weighted by molar-refractivity contribution is 0.0468. The summed E-state index contributed by atoms with van der Waals surface area (Å²) in [6, 6.07) is 17.4. The van der Waals surface area contributed by atoms with E-state index in [2.05, 4.69) is 20.9 Å². The van der Waals surface area contributed by atoms with E-state index in [0.717, 1.165) is 38.9 Å². The van der Waals surface area contributed by atoms with Crippen LogP contribution in [-0.2, 0) is 11.3 Å². The van der Waals surface area contributed by atoms with Gasteiger partial charge in [0.2, 0.25) is 0 Å². The first-order valence-corrected chi connectivity index (χ1v) is 11.2. The number of hydrogen-bond donors (Lipinski definition) is 1. The van der Waals surface area contributed by atoms with Gasteiger partial charge in [-0.2, -0.15) is 0 Å². The number of hydrogen-bond acceptors (Lipinski definition) is 4. The number of anilines is 1. The van der Waals surface area contributed by atoms with Crippen LogP contribution in [0.3, 0.4) is 0 Å². The van der Waals surface area contributed by atoms with Crippen LogP contribution in [0.25, 0.3) is 21.8 Å². The summed E-state index contributed by atoms with van der Waals surface area (Å²) in [5, 5.41) is 2.21. The van der Waals surface area contributed by atoms with Gasteiger partial charge >= 0.3 is 5.97 Å². The molecule has 0 amide bonds. The zero-order valence-electron chi connectivity index (χ0n) is 17.2. The zero-order valence-corrected chi connectivity index (χ0v) is 18.7. The third-order valence-electron chi connectivity index (χ3n) is 5.26. The summed E-state index contributed by atoms with van der Waals surface area (Å²) in [4.78, 5) is 22.6. The molecule has 0 radical (unpaired) electrons. The van der Waals surface area contributed by atoms with Crippen LogP contribution in [0.5, 0.6) is 0 Å². The first-order valence-electron chi connectivity index (χ1n) is 10.1. The van der Waals surface area contributed by atoms with Crippen molar-refractivity contribution in [2.45, 2.75) is 13.5 Å². The van der Waals surface area contributed by atoms with Gasteiger partial charge in [0.1, 0.15) is 6.61 Å². The van der Waals surface area contributed by atoms with Crippen molar-refractivity contribution in [2.24, 2.45) is 0 Å². The van der Waals surface area contributed by atoms with Crippen LogP contribution in [-0.4, -0.2) is 40.8 Å². The van der Waals surface area contributed by atoms with Crippen molar-refractivity contribution in [3.63, 3.8) is 0 Å². The van der Waals surface area contributed by atoms with Gasteiger partial charge in [-0.1, -0.05) is 18.2 Å². The highest BCUT2D eigenvalue weighted by molar-refractivity contribution is 6.18. The number of nitrogens with zero attached hydrogens (tertiary/aromatic N) is 2. The fourth-order valence-corrected chi connectivity index (χ4v) is 4.16. The smallest absolute Gasteiger partial charge is 0.338 e. The number of aryl methyl sites for hydroxylation is 1. The number of nitrogens with one attached hydrogen (secondary N) is 1. The molecular weight excluding hydrogens is 433 g/mol. The summed E-state index contributed by atoms with van der Waals surface area (Å²) in [5.74, 6) is 0.633. The maximum atomic E-state index is 12.5. The number of aromatic amines is 1. The fraction of sp³-hybridized carbons (Fsp3) is 0.250. The third kappa shape index (κ3) is 4.63. The van der Waals surface area contributed by atoms with Gasteiger partial charge < -0.3 is 14.6 Å². The predicted octanol–water partition coefficient (Wildman–Crippen LogP) is 5.67. The lowest BCUT2D eigenvalue weighted by Crippen LogP contribution is -2.27. The maximum absolute atomic E-state index is 12.5. The topological polar surface area (TPSA) is 58.2 Å². The van der Waals surface area contributed by atoms with Gasteiger partial charge in [-0.05, 0) is 43.3 Å². The van der Waals surface area contributed by atoms with Crippen LogP contribution >= 0.6 is 23.2 Å². The van der Waals surface area contributed by atoms with E-state index in [1.54, 1.807) is 12.1 Å². The van der Waals surface area contributed by atoms with Crippen molar-refractivity contribution in [3.8, 4) is 0 Å². The van der Waals surface area contributed by atoms with Crippen LogP contribution in [0.15, 0.2) is 54.6 Å². The second kappa shape index (κ2) is 9.58. The minimum absolute atomic E-state index is 0.113. The number of carbonyl (C=O) groups excluding carboxylic acids is 1. The minimum Gasteiger partial charge on any atom is -0.456 e. The van der Waals surface area contributed by atoms with Crippen molar-refractivity contribution in [2.75, 3.05) is 29.7 Å². The summed E-state index contributed by atoms with van der Waals surface area (Å²) in [6.07, 6.45) is 0. The molecule has 0 bridgehead atoms. The van der Waals surface area contributed by atoms with E-state index in [0.29, 0.717) is 30.4 Å². The largest absolute Gasteiger partial charge is 0.456 e. The normalized spacial score (nSPS) is 11.2. The number of para-hydroxylation sites is 1. The number of ether oxygens (including phenoxy) is 1. The summed E-state index contributed by atoms with van der Waals surface area (Å²) >= 11 is 11.7. The quantitative estimate of drug-likeness (QED) is 0.274. The average Bonchev–Trinajstić information content (AvgIpc) is 3.17. The molecule has 5 nitrogen and oxygen atoms in total. The number of rotatable bonds is 8. The summed E-state index contributed by atoms with van der Waals surface area (Å²) in [5.41, 5.74) is 5.13. The Kier molecular flexibility index (Phi) is 6.64. The molecule has 0 saturated heterocycles. The summed E-state index contributed by atoms with van der Waals surface area (Å²) < 4.78 is 5.53. The molecule has 4 aromatic rings. The number of esters is 1. The van der Waals surface area contributed by atoms with Gasteiger partial charge in [0.25, 0.3) is 0 Å². The Labute approximate surface area is 190 Å². The Balaban J connectivity index is 1.48. The van der Waals surface area contributed by atoms with E-state index < -0.39 is 0 Å². The number of pyridine rings is 1. The maximum Gasteiger partial charge on any atom is 0.338 e. The molecule has 0 unspecified atom stereocenters. The van der Waals surface area contributed by atoms with Crippen molar-refractivity contribution in [1.29, 1.82) is 0 Å². The van der Waals surface area contributed by atoms with Gasteiger partial charge in [-0.25, -0.2) is 4.79 Å². The Morgan fingerprint density at radius 2 is 1.74 bits per heavy atom. The molecule has 0 saturated carbocycles. The highest BCUT2D eigenvalue weighted by Crippen LogP contribution is 2.27. The first-order chi connectivity index (χ1) is 15.1. The van der Waals surface area contributed by atoms with E-state index in [-0.39, 0.29) is 12.6 Å². The highest BCUT2D eigenvalue weighted by atomic mass is 35.5. The summed E-state index contributed by atoms with van der Waals surface area (Å²) in [7, 11) is 0. The molecule has 0 spiro atoms. The Morgan fingerprint density at radius 1 is 1.03 bits per heavy atom. The Hall–Kier alpha value is -2.76. The van der Waals surface area contributed by atoms with Gasteiger partial charge in [-0.3, -0.25) is 4.98 Å². The molecule has 2 aromatic heterocycles. The molecule has 0 aliphatic carbocycles. The standard InChI is InChI=1S/C24H23Cl2N3O2/c1-16-23-21(20-4-2-3-5-22(20)28-23)14-18(27-16)15-31-24(30)17-6-8-19(9-7-17)29(12-10-25)13-11-26/h2-9,14,28H,10-13,15H2,1H3. The molecule has 4 rings (SSSR count). The van der Waals surface area contributed by atoms with E-state index in [1.807, 2.05) is 43.3 Å². The van der Waals surface area contributed by atoms with E-state index >= 15 is 0 Å². The molecule has 0 fully saturated rings. The van der Waals surface area contributed by atoms with E-state index in [1.165, 1.54) is 0 Å². The number of fused-ring (bicyclic) bond motifs is 3. The summed E-state index contributed by atoms with van der Waals surface area (Å²) in [6.45, 7) is 3.45. The van der Waals surface area contributed by atoms with Crippen molar-refractivity contribution >= 4 is 56.7 Å². The van der Waals surface area contributed by atoms with Crippen molar-refractivity contribution < 1.29 is 9.53 Å². The average molecular weight is 456 g/mol. The number of H-pyrrole nitrogens is 1. The molecule has 1 N–H and O–H groups in total. The molecule has 7 heteroatoms. The molecular formula is C24H23Cl2N3O2. The number of benzene rings is 2. The van der Waals surface area contributed by atoms with E-state index in [4.69, 9.17) is 27.9 Å². The molecule has 0 aliphatic heterocycles. The van der Waals surface area contributed by atoms with Crippen LogP contribution < -0.4 is 4.90 Å². The fourth-order valence-electron chi connectivity index (χ4n) is 3.75. The molecule has 2 heterocycles. The van der Waals surface area contributed by atoms with Crippen molar-refractivity contribution in [3.05, 3.63) is 71.5 Å². The lowest BCUT2D eigenvalue weighted by Gasteiger charge is -2.22. The molecule has 0 aliphatic rings. The zero-order chi connectivity index (χ0) is 21.8. The van der Waals surface area contributed by atoms with Gasteiger partial charge in [0, 0.05) is 46.8 Å². The second-order valence-electron chi connectivity index (χ2n) is 7.28. The Bertz CT molecular complexity index is 1200. The molecule has 2 aromatic carbocycles. The highest BCUT2D eigenvalue weighted by Gasteiger charge is 2.13. The second-order valence-corrected chi connectivity index (χ2v) is 8.04. The van der Waals surface area contributed by atoms with Crippen LogP contribution in [0.4, 0.5) is 5.69 Å². The molecule has 31 heavy (non-hydrogen) atoms. The predicted molar refractivity (Wildman–Crippen MR) is 128 cm³/mol. The number of halogens is 2. The molecule has 0 atom stereocenters. The minimum atomic E-state index is -0.383. The SMILES string of the molecule is Cc1nc(COC(=O)c2ccc(N(CCCl)CCCl)cc2)cc2c1[nH]c1ccccc12. The van der Waals surface area contributed by atoms with Crippen LogP contribution in [0.2, 0.25) is 0 Å². The van der Waals surface area contributed by atoms with Crippen LogP contribution in [0, 0.1) is 6.92 Å². The Morgan fingerprint density at radius 3 is 2.45 bits per heavy atom. The number of carbonyl (C=O) groups is 1. The number of aromatic nitrogens is 2.